The smallest absolute Gasteiger partial charge is 0.308 e. The molecule has 2 N–H and O–H groups in total. The first-order chi connectivity index (χ1) is 17.3. The van der Waals surface area contributed by atoms with Crippen LogP contribution in [0.3, 0.4) is 0 Å². The summed E-state index contributed by atoms with van der Waals surface area (Å²) in [5.41, 5.74) is -2.96. The maximum absolute atomic E-state index is 13.3. The number of anilines is 1. The van der Waals surface area contributed by atoms with E-state index >= 15 is 0 Å². The lowest BCUT2D eigenvalue weighted by atomic mass is 9.79. The molecular formula is C26H30N2O4. The van der Waals surface area contributed by atoms with Crippen LogP contribution in [0.15, 0.2) is 47.4 Å². The molecule has 0 unspecified atom stereocenters. The van der Waals surface area contributed by atoms with Gasteiger partial charge in [0.1, 0.15) is 11.3 Å². The number of nitrogens with one attached hydrogen (secondary N) is 2. The Kier molecular flexibility index (Phi) is 4.20. The van der Waals surface area contributed by atoms with Crippen LogP contribution in [0.1, 0.15) is 78.0 Å². The molecule has 6 nitrogen and oxygen atoms in total. The zero-order valence-corrected chi connectivity index (χ0v) is 18.7. The number of benzene rings is 2. The van der Waals surface area contributed by atoms with Crippen molar-refractivity contribution in [2.75, 3.05) is 5.32 Å². The minimum atomic E-state index is -3.01. The summed E-state index contributed by atoms with van der Waals surface area (Å²) >= 11 is 0. The van der Waals surface area contributed by atoms with Crippen LogP contribution in [0.2, 0.25) is 0 Å². The Hall–Kier alpha value is -3.41. The second-order valence-corrected chi connectivity index (χ2v) is 8.89. The summed E-state index contributed by atoms with van der Waals surface area (Å²) in [6.07, 6.45) is 1.29. The lowest BCUT2D eigenvalue weighted by Gasteiger charge is -2.29. The van der Waals surface area contributed by atoms with Crippen LogP contribution < -0.4 is 15.5 Å². The number of pyridine rings is 1. The zero-order chi connectivity index (χ0) is 28.8. The maximum Gasteiger partial charge on any atom is 0.308 e. The van der Waals surface area contributed by atoms with E-state index in [1.807, 2.05) is 0 Å². The SMILES string of the molecule is [2H]C([2H])([2H])C(C)(c1cc(C(C)(C)C)c(NC(=O)c2c[nH]c3ccccc3c2=O)cc1OC(C)=O)C([2H])([2H])[2H]. The molecule has 2 aromatic carbocycles. The van der Waals surface area contributed by atoms with Crippen LogP contribution in [0.4, 0.5) is 5.69 Å². The lowest BCUT2D eigenvalue weighted by molar-refractivity contribution is -0.131. The van der Waals surface area contributed by atoms with Gasteiger partial charge >= 0.3 is 5.97 Å². The Bertz CT molecular complexity index is 1450. The summed E-state index contributed by atoms with van der Waals surface area (Å²) in [7, 11) is 0. The fourth-order valence-electron chi connectivity index (χ4n) is 3.46. The van der Waals surface area contributed by atoms with Gasteiger partial charge in [0, 0.05) is 49.6 Å². The minimum Gasteiger partial charge on any atom is -0.426 e. The van der Waals surface area contributed by atoms with Crippen LogP contribution in [0, 0.1) is 0 Å². The van der Waals surface area contributed by atoms with E-state index in [0.717, 1.165) is 13.8 Å². The number of aromatic amines is 1. The van der Waals surface area contributed by atoms with E-state index in [0.29, 0.717) is 16.5 Å². The highest BCUT2D eigenvalue weighted by atomic mass is 16.5. The molecule has 0 aliphatic heterocycles. The second kappa shape index (κ2) is 8.26. The van der Waals surface area contributed by atoms with E-state index in [2.05, 4.69) is 10.3 Å². The van der Waals surface area contributed by atoms with Crippen molar-refractivity contribution >= 4 is 28.5 Å². The summed E-state index contributed by atoms with van der Waals surface area (Å²) in [6, 6.07) is 9.29. The standard InChI is InChI=1S/C26H30N2O4/c1-15(29)32-22-13-21(18(25(2,3)4)12-19(22)26(5,6)7)28-24(31)17-14-27-20-11-9-8-10-16(20)23(17)30/h8-14H,1-7H3,(H,27,30)(H,28,31)/i5D3,6D3. The van der Waals surface area contributed by atoms with Crippen molar-refractivity contribution in [2.45, 2.75) is 59.2 Å². The van der Waals surface area contributed by atoms with Crippen LogP contribution >= 0.6 is 0 Å². The van der Waals surface area contributed by atoms with Gasteiger partial charge in [-0.3, -0.25) is 14.4 Å². The minimum absolute atomic E-state index is 0.133. The van der Waals surface area contributed by atoms with Crippen molar-refractivity contribution in [3.05, 3.63) is 69.5 Å². The van der Waals surface area contributed by atoms with Crippen LogP contribution in [0.5, 0.6) is 5.75 Å². The number of H-pyrrole nitrogens is 1. The number of amides is 1. The van der Waals surface area contributed by atoms with Crippen molar-refractivity contribution in [1.29, 1.82) is 0 Å². The van der Waals surface area contributed by atoms with Crippen LogP contribution in [-0.4, -0.2) is 16.9 Å². The van der Waals surface area contributed by atoms with Gasteiger partial charge in [0.2, 0.25) is 5.43 Å². The number of para-hydroxylation sites is 1. The van der Waals surface area contributed by atoms with Gasteiger partial charge in [-0.15, -0.1) is 0 Å². The third-order valence-electron chi connectivity index (χ3n) is 5.00. The molecule has 0 aliphatic rings. The van der Waals surface area contributed by atoms with Gasteiger partial charge in [0.05, 0.1) is 0 Å². The Morgan fingerprint density at radius 2 is 1.72 bits per heavy atom. The molecule has 6 heteroatoms. The number of hydrogen-bond acceptors (Lipinski definition) is 4. The van der Waals surface area contributed by atoms with E-state index in [-0.39, 0.29) is 22.6 Å². The average molecular weight is 441 g/mol. The van der Waals surface area contributed by atoms with Gasteiger partial charge in [-0.05, 0) is 34.6 Å². The van der Waals surface area contributed by atoms with E-state index in [4.69, 9.17) is 13.0 Å². The Morgan fingerprint density at radius 3 is 2.34 bits per heavy atom. The number of carbonyl (C=O) groups is 2. The van der Waals surface area contributed by atoms with E-state index in [1.165, 1.54) is 18.3 Å². The molecule has 1 heterocycles. The van der Waals surface area contributed by atoms with Crippen molar-refractivity contribution in [1.82, 2.24) is 4.98 Å². The largest absolute Gasteiger partial charge is 0.426 e. The normalized spacial score (nSPS) is 15.5. The second-order valence-electron chi connectivity index (χ2n) is 8.89. The summed E-state index contributed by atoms with van der Waals surface area (Å²) in [6.45, 7) is 1.52. The quantitative estimate of drug-likeness (QED) is 0.427. The summed E-state index contributed by atoms with van der Waals surface area (Å²) in [5, 5.41) is 3.00. The summed E-state index contributed by atoms with van der Waals surface area (Å²) < 4.78 is 53.8. The molecule has 32 heavy (non-hydrogen) atoms. The Morgan fingerprint density at radius 1 is 1.03 bits per heavy atom. The van der Waals surface area contributed by atoms with Gasteiger partial charge in [0.25, 0.3) is 5.91 Å². The van der Waals surface area contributed by atoms with Crippen LogP contribution in [0.25, 0.3) is 10.9 Å². The number of ether oxygens (including phenoxy) is 1. The molecule has 168 valence electrons. The maximum atomic E-state index is 13.3. The van der Waals surface area contributed by atoms with Gasteiger partial charge in [-0.2, -0.15) is 0 Å². The number of rotatable bonds is 3. The van der Waals surface area contributed by atoms with Gasteiger partial charge < -0.3 is 15.0 Å². The first-order valence-electron chi connectivity index (χ1n) is 13.1. The fourth-order valence-corrected chi connectivity index (χ4v) is 3.46. The molecule has 0 spiro atoms. The van der Waals surface area contributed by atoms with Crippen molar-refractivity contribution in [3.63, 3.8) is 0 Å². The Labute approximate surface area is 196 Å². The molecule has 0 fully saturated rings. The lowest BCUT2D eigenvalue weighted by Crippen LogP contribution is -2.25. The van der Waals surface area contributed by atoms with E-state index in [9.17, 15) is 14.4 Å². The molecule has 0 radical (unpaired) electrons. The molecule has 0 saturated carbocycles. The Balaban J connectivity index is 2.28. The highest BCUT2D eigenvalue weighted by Gasteiger charge is 2.28. The first kappa shape index (κ1) is 16.3. The third kappa shape index (κ3) is 4.74. The molecule has 0 atom stereocenters. The molecule has 0 aliphatic carbocycles. The van der Waals surface area contributed by atoms with Gasteiger partial charge in [-0.1, -0.05) is 53.5 Å². The predicted molar refractivity (Wildman–Crippen MR) is 128 cm³/mol. The number of hydrogen-bond donors (Lipinski definition) is 2. The summed E-state index contributed by atoms with van der Waals surface area (Å²) in [5.74, 6) is -1.88. The molecule has 0 bridgehead atoms. The van der Waals surface area contributed by atoms with Gasteiger partial charge in [0.15, 0.2) is 0 Å². The molecule has 1 aromatic heterocycles. The first-order valence-corrected chi connectivity index (χ1v) is 10.1. The monoisotopic (exact) mass is 440 g/mol. The summed E-state index contributed by atoms with van der Waals surface area (Å²) in [4.78, 5) is 41.1. The molecule has 3 aromatic rings. The average Bonchev–Trinajstić information content (AvgIpc) is 2.76. The highest BCUT2D eigenvalue weighted by molar-refractivity contribution is 6.06. The molecular weight excluding hydrogens is 404 g/mol. The topological polar surface area (TPSA) is 88.3 Å². The number of aromatic nitrogens is 1. The predicted octanol–water partition coefficient (Wildman–Crippen LogP) is 5.30. The number of carbonyl (C=O) groups excluding carboxylic acids is 2. The fraction of sp³-hybridized carbons (Fsp3) is 0.346. The number of esters is 1. The molecule has 1 amide bonds. The molecule has 3 rings (SSSR count). The van der Waals surface area contributed by atoms with Crippen molar-refractivity contribution in [3.8, 4) is 5.75 Å². The van der Waals surface area contributed by atoms with E-state index in [1.54, 1.807) is 45.0 Å². The molecule has 0 saturated heterocycles. The van der Waals surface area contributed by atoms with Gasteiger partial charge in [-0.25, -0.2) is 0 Å². The van der Waals surface area contributed by atoms with Crippen molar-refractivity contribution in [2.24, 2.45) is 0 Å². The highest BCUT2D eigenvalue weighted by Crippen LogP contribution is 2.40. The third-order valence-corrected chi connectivity index (χ3v) is 5.00. The van der Waals surface area contributed by atoms with E-state index < -0.39 is 41.8 Å². The number of fused-ring (bicyclic) bond motifs is 1. The van der Waals surface area contributed by atoms with Crippen LogP contribution in [-0.2, 0) is 15.6 Å². The van der Waals surface area contributed by atoms with Crippen molar-refractivity contribution < 1.29 is 22.6 Å². The zero-order valence-electron chi connectivity index (χ0n) is 24.7.